The monoisotopic (exact) mass is 419 g/mol. The molecule has 0 saturated carbocycles. The summed E-state index contributed by atoms with van der Waals surface area (Å²) in [5.74, 6) is 0.128. The molecule has 0 unspecified atom stereocenters. The van der Waals surface area contributed by atoms with Crippen LogP contribution in [0.4, 0.5) is 8.78 Å². The molecule has 8 heteroatoms. The molecule has 0 spiro atoms. The number of rotatable bonds is 6. The van der Waals surface area contributed by atoms with E-state index in [1.807, 2.05) is 0 Å². The molecule has 2 rings (SSSR count). The molecular formula is C15H15ClF2NO3Y-. The van der Waals surface area contributed by atoms with Crippen molar-refractivity contribution in [3.63, 3.8) is 0 Å². The average Bonchev–Trinajstić information content (AvgIpc) is 2.47. The average molecular weight is 420 g/mol. The van der Waals surface area contributed by atoms with Crippen molar-refractivity contribution in [2.24, 2.45) is 0 Å². The molecule has 1 aromatic rings. The fraction of sp³-hybridized carbons (Fsp3) is 0.400. The van der Waals surface area contributed by atoms with Crippen LogP contribution >= 0.6 is 11.6 Å². The Morgan fingerprint density at radius 3 is 2.78 bits per heavy atom. The molecule has 0 atom stereocenters. The zero-order valence-corrected chi connectivity index (χ0v) is 16.1. The summed E-state index contributed by atoms with van der Waals surface area (Å²) in [7, 11) is 1.49. The van der Waals surface area contributed by atoms with Gasteiger partial charge in [0.15, 0.2) is 6.79 Å². The molecule has 0 fully saturated rings. The first-order valence-electron chi connectivity index (χ1n) is 6.64. The second kappa shape index (κ2) is 9.67. The van der Waals surface area contributed by atoms with Gasteiger partial charge in [0.05, 0.1) is 6.54 Å². The fourth-order valence-corrected chi connectivity index (χ4v) is 2.38. The van der Waals surface area contributed by atoms with Gasteiger partial charge in [-0.15, -0.1) is 35.3 Å². The van der Waals surface area contributed by atoms with Crippen LogP contribution in [0.15, 0.2) is 18.2 Å². The van der Waals surface area contributed by atoms with Crippen molar-refractivity contribution in [2.75, 3.05) is 20.4 Å². The predicted molar refractivity (Wildman–Crippen MR) is 77.6 cm³/mol. The van der Waals surface area contributed by atoms with E-state index < -0.39 is 13.0 Å². The van der Waals surface area contributed by atoms with Crippen LogP contribution in [0.5, 0.6) is 5.75 Å². The normalized spacial score (nSPS) is 14.6. The van der Waals surface area contributed by atoms with Crippen molar-refractivity contribution in [1.82, 2.24) is 4.90 Å². The van der Waals surface area contributed by atoms with Crippen LogP contribution < -0.4 is 4.74 Å². The first-order chi connectivity index (χ1) is 10.5. The Labute approximate surface area is 163 Å². The summed E-state index contributed by atoms with van der Waals surface area (Å²) in [4.78, 5) is 12.9. The van der Waals surface area contributed by atoms with Crippen molar-refractivity contribution in [1.29, 1.82) is 0 Å². The van der Waals surface area contributed by atoms with Crippen LogP contribution in [0.3, 0.4) is 0 Å². The number of allylic oxidation sites excluding steroid dienone is 1. The molecule has 0 aromatic heterocycles. The first-order valence-corrected chi connectivity index (χ1v) is 7.01. The van der Waals surface area contributed by atoms with E-state index in [4.69, 9.17) is 21.1 Å². The van der Waals surface area contributed by atoms with Gasteiger partial charge in [-0.3, -0.25) is 4.79 Å². The summed E-state index contributed by atoms with van der Waals surface area (Å²) in [5, 5.41) is 0.296. The van der Waals surface area contributed by atoms with Crippen LogP contribution in [0.1, 0.15) is 18.4 Å². The smallest absolute Gasteiger partial charge is 0.256 e. The van der Waals surface area contributed by atoms with E-state index in [-0.39, 0.29) is 51.8 Å². The third-order valence-electron chi connectivity index (χ3n) is 3.06. The van der Waals surface area contributed by atoms with E-state index in [1.54, 1.807) is 18.2 Å². The molecule has 0 saturated heterocycles. The number of methoxy groups -OCH3 is 1. The Morgan fingerprint density at radius 2 is 2.17 bits per heavy atom. The number of carbonyl (C=O) groups excluding carboxylic acids is 1. The van der Waals surface area contributed by atoms with Crippen LogP contribution in [0.2, 0.25) is 5.02 Å². The van der Waals surface area contributed by atoms with Gasteiger partial charge in [-0.05, 0) is 17.2 Å². The molecule has 1 aliphatic heterocycles. The van der Waals surface area contributed by atoms with Gasteiger partial charge in [-0.2, -0.15) is 0 Å². The number of hydrogen-bond donors (Lipinski definition) is 0. The number of nitrogens with zero attached hydrogens (tertiary/aromatic N) is 1. The SMILES string of the molecule is COCOc1ccc(C2=[C-]CCC(=O)N2CC(F)F)c(Cl)c1.[Y]. The second-order valence-electron chi connectivity index (χ2n) is 4.61. The summed E-state index contributed by atoms with van der Waals surface area (Å²) >= 11 is 6.18. The summed E-state index contributed by atoms with van der Waals surface area (Å²) in [6.07, 6.45) is 0.891. The number of alkyl halides is 2. The third-order valence-corrected chi connectivity index (χ3v) is 3.37. The van der Waals surface area contributed by atoms with E-state index >= 15 is 0 Å². The van der Waals surface area contributed by atoms with Crippen LogP contribution in [0.25, 0.3) is 5.70 Å². The maximum atomic E-state index is 12.7. The van der Waals surface area contributed by atoms with Gasteiger partial charge < -0.3 is 14.4 Å². The van der Waals surface area contributed by atoms with E-state index in [9.17, 15) is 13.6 Å². The second-order valence-corrected chi connectivity index (χ2v) is 5.02. The molecule has 1 amide bonds. The number of ether oxygens (including phenoxy) is 2. The summed E-state index contributed by atoms with van der Waals surface area (Å²) < 4.78 is 35.4. The molecule has 1 aliphatic rings. The zero-order valence-electron chi connectivity index (χ0n) is 12.5. The van der Waals surface area contributed by atoms with Gasteiger partial charge in [-0.1, -0.05) is 0 Å². The largest absolute Gasteiger partial charge is 0.468 e. The van der Waals surface area contributed by atoms with E-state index in [1.165, 1.54) is 7.11 Å². The molecule has 4 nitrogen and oxygen atoms in total. The minimum atomic E-state index is -2.62. The molecule has 23 heavy (non-hydrogen) atoms. The summed E-state index contributed by atoms with van der Waals surface area (Å²) in [6, 6.07) is 4.80. The maximum absolute atomic E-state index is 12.7. The number of benzene rings is 1. The Bertz CT molecular complexity index is 584. The zero-order chi connectivity index (χ0) is 16.1. The number of carbonyl (C=O) groups is 1. The van der Waals surface area contributed by atoms with Gasteiger partial charge >= 0.3 is 0 Å². The molecular weight excluding hydrogens is 405 g/mol. The topological polar surface area (TPSA) is 38.8 Å². The van der Waals surface area contributed by atoms with Crippen LogP contribution in [-0.4, -0.2) is 37.7 Å². The minimum absolute atomic E-state index is 0. The van der Waals surface area contributed by atoms with Gasteiger partial charge in [0.25, 0.3) is 6.43 Å². The third kappa shape index (κ3) is 5.49. The molecule has 0 aliphatic carbocycles. The Hall–Kier alpha value is -0.556. The van der Waals surface area contributed by atoms with Crippen molar-refractivity contribution < 1.29 is 55.8 Å². The summed E-state index contributed by atoms with van der Waals surface area (Å²) in [5.41, 5.74) is 0.764. The number of amides is 1. The molecule has 1 radical (unpaired) electrons. The first kappa shape index (κ1) is 20.5. The summed E-state index contributed by atoms with van der Waals surface area (Å²) in [6.45, 7) is -0.597. The quantitative estimate of drug-likeness (QED) is 0.524. The number of halogens is 3. The number of hydrogen-bond acceptors (Lipinski definition) is 3. The van der Waals surface area contributed by atoms with Gasteiger partial charge in [0.1, 0.15) is 5.75 Å². The van der Waals surface area contributed by atoms with Gasteiger partial charge in [-0.25, -0.2) is 14.9 Å². The van der Waals surface area contributed by atoms with Crippen LogP contribution in [0, 0.1) is 6.08 Å². The molecule has 1 heterocycles. The van der Waals surface area contributed by atoms with Crippen molar-refractivity contribution in [3.8, 4) is 5.75 Å². The Kier molecular flexibility index (Phi) is 8.61. The van der Waals surface area contributed by atoms with Crippen molar-refractivity contribution >= 4 is 23.2 Å². The Morgan fingerprint density at radius 1 is 1.43 bits per heavy atom. The van der Waals surface area contributed by atoms with Crippen LogP contribution in [-0.2, 0) is 42.2 Å². The fourth-order valence-electron chi connectivity index (χ4n) is 2.12. The molecule has 0 N–H and O–H groups in total. The minimum Gasteiger partial charge on any atom is -0.468 e. The van der Waals surface area contributed by atoms with E-state index in [2.05, 4.69) is 6.08 Å². The van der Waals surface area contributed by atoms with Gasteiger partial charge in [0, 0.05) is 46.2 Å². The predicted octanol–water partition coefficient (Wildman–Crippen LogP) is 3.35. The van der Waals surface area contributed by atoms with E-state index in [0.717, 1.165) is 4.90 Å². The van der Waals surface area contributed by atoms with Crippen molar-refractivity contribution in [2.45, 2.75) is 19.3 Å². The molecule has 0 bridgehead atoms. The molecule has 1 aromatic carbocycles. The maximum Gasteiger partial charge on any atom is 0.256 e. The Balaban J connectivity index is 0.00000264. The standard InChI is InChI=1S/C15H15ClF2NO3.Y/c1-21-9-22-10-5-6-11(12(16)7-10)13-3-2-4-15(20)19(13)8-14(17)18;/h5-7,14H,2,4,8-9H2,1H3;/q-1;. The van der Waals surface area contributed by atoms with E-state index in [0.29, 0.717) is 28.5 Å². The van der Waals surface area contributed by atoms with Crippen molar-refractivity contribution in [3.05, 3.63) is 34.9 Å². The van der Waals surface area contributed by atoms with Gasteiger partial charge in [0.2, 0.25) is 5.91 Å². The molecule has 123 valence electrons.